The molecule has 0 fully saturated rings. The van der Waals surface area contributed by atoms with Gasteiger partial charge in [0.2, 0.25) is 0 Å². The number of rotatable bonds is 2. The van der Waals surface area contributed by atoms with Crippen molar-refractivity contribution in [3.8, 4) is 33.6 Å². The van der Waals surface area contributed by atoms with Gasteiger partial charge in [-0.1, -0.05) is 150 Å². The quantitative estimate of drug-likeness (QED) is 0.162. The Morgan fingerprint density at radius 2 is 0.873 bits per heavy atom. The van der Waals surface area contributed by atoms with Gasteiger partial charge in [-0.15, -0.1) is 22.9 Å². The van der Waals surface area contributed by atoms with Crippen LogP contribution in [0.25, 0.3) is 77.5 Å². The molecule has 0 aliphatic carbocycles. The van der Waals surface area contributed by atoms with Crippen LogP contribution in [-0.4, -0.2) is 19.6 Å². The predicted molar refractivity (Wildman–Crippen MR) is 216 cm³/mol. The van der Waals surface area contributed by atoms with Gasteiger partial charge in [0.25, 0.3) is 0 Å². The zero-order chi connectivity index (χ0) is 37.1. The predicted octanol–water partition coefficient (Wildman–Crippen LogP) is 11.9. The van der Waals surface area contributed by atoms with Crippen molar-refractivity contribution < 1.29 is 29.9 Å². The maximum Gasteiger partial charge on any atom is 2.00 e. The molecular formula is C48H40N4O2Pt. The number of furan rings is 2. The molecule has 0 saturated heterocycles. The molecule has 4 aromatic heterocycles. The summed E-state index contributed by atoms with van der Waals surface area (Å²) >= 11 is 0. The molecule has 6 nitrogen and oxygen atoms in total. The van der Waals surface area contributed by atoms with Crippen molar-refractivity contribution in [3.05, 3.63) is 132 Å². The van der Waals surface area contributed by atoms with Gasteiger partial charge in [0.1, 0.15) is 0 Å². The van der Waals surface area contributed by atoms with Crippen LogP contribution in [-0.2, 0) is 42.7 Å². The van der Waals surface area contributed by atoms with Crippen molar-refractivity contribution in [1.29, 1.82) is 0 Å². The van der Waals surface area contributed by atoms with E-state index in [0.29, 0.717) is 0 Å². The molecule has 5 aromatic carbocycles. The molecule has 6 heterocycles. The molecule has 2 aliphatic heterocycles. The molecule has 55 heavy (non-hydrogen) atoms. The van der Waals surface area contributed by atoms with Crippen molar-refractivity contribution in [1.82, 2.24) is 19.6 Å². The number of fused-ring (bicyclic) bond motifs is 13. The van der Waals surface area contributed by atoms with Crippen LogP contribution >= 0.6 is 0 Å². The van der Waals surface area contributed by atoms with E-state index in [0.717, 1.165) is 88.6 Å². The summed E-state index contributed by atoms with van der Waals surface area (Å²) in [5.41, 5.74) is 13.4. The van der Waals surface area contributed by atoms with Gasteiger partial charge in [0, 0.05) is 33.1 Å². The summed E-state index contributed by atoms with van der Waals surface area (Å²) in [6.07, 6.45) is 4.02. The van der Waals surface area contributed by atoms with Crippen LogP contribution in [0.1, 0.15) is 77.9 Å². The van der Waals surface area contributed by atoms with Crippen LogP contribution < -0.4 is 0 Å². The summed E-state index contributed by atoms with van der Waals surface area (Å²) in [6, 6.07) is 37.4. The summed E-state index contributed by atoms with van der Waals surface area (Å²) in [4.78, 5) is 0. The van der Waals surface area contributed by atoms with Crippen LogP contribution in [0.5, 0.6) is 0 Å². The Kier molecular flexibility index (Phi) is 6.85. The van der Waals surface area contributed by atoms with Gasteiger partial charge in [-0.2, -0.15) is 10.2 Å². The topological polar surface area (TPSA) is 61.9 Å². The summed E-state index contributed by atoms with van der Waals surface area (Å²) in [6.45, 7) is 18.6. The van der Waals surface area contributed by atoms with E-state index in [9.17, 15) is 0 Å². The number of nitrogens with zero attached hydrogens (tertiary/aromatic N) is 4. The van der Waals surface area contributed by atoms with Crippen molar-refractivity contribution in [2.75, 3.05) is 0 Å². The summed E-state index contributed by atoms with van der Waals surface area (Å²) in [5, 5.41) is 13.9. The van der Waals surface area contributed by atoms with Crippen molar-refractivity contribution in [2.45, 2.75) is 77.0 Å². The SMILES string of the molecule is CC1(C)c2cc3oc4ccc5oc6cc7c([c-]c6c5c4c3[c-]c2-n2ncc(-c3ccccc3)c2C1(C)C)-n1ncc(-c2ccccc2)c1C(C)(C)C7(C)C.[Pt+2]. The van der Waals surface area contributed by atoms with Gasteiger partial charge in [-0.25, -0.2) is 0 Å². The van der Waals surface area contributed by atoms with E-state index < -0.39 is 0 Å². The molecule has 2 aliphatic rings. The smallest absolute Gasteiger partial charge is 0.511 e. The molecule has 11 rings (SSSR count). The zero-order valence-electron chi connectivity index (χ0n) is 32.2. The number of hydrogen-bond acceptors (Lipinski definition) is 4. The third-order valence-corrected chi connectivity index (χ3v) is 13.9. The fraction of sp³-hybridized carbons (Fsp3) is 0.250. The minimum Gasteiger partial charge on any atom is -0.511 e. The standard InChI is InChI=1S/C48H40N4O2.Pt/c1-45(2)33-23-39-29(21-35(33)51-43(47(45,5)6)31(25-49-51)27-15-11-9-12-16-27)41-37(53-39)19-20-38-42(41)30-22-36-34(24-40(30)54-38)46(3,4)48(7,8)44-32(26-50-52(36)44)28-17-13-10-14-18-28;/h9-20,23-26H,1-8H3;/q-2;+2. The maximum atomic E-state index is 6.72. The summed E-state index contributed by atoms with van der Waals surface area (Å²) in [7, 11) is 0. The maximum absolute atomic E-state index is 6.72. The Hall–Kier alpha value is -5.19. The van der Waals surface area contributed by atoms with Gasteiger partial charge >= 0.3 is 21.1 Å². The van der Waals surface area contributed by atoms with Crippen LogP contribution in [0.15, 0.2) is 106 Å². The first-order valence-electron chi connectivity index (χ1n) is 18.8. The van der Waals surface area contributed by atoms with E-state index in [1.54, 1.807) is 0 Å². The summed E-state index contributed by atoms with van der Waals surface area (Å²) < 4.78 is 17.7. The van der Waals surface area contributed by atoms with Gasteiger partial charge in [0.15, 0.2) is 0 Å². The Morgan fingerprint density at radius 1 is 0.491 bits per heavy atom. The first-order valence-corrected chi connectivity index (χ1v) is 18.8. The number of aromatic nitrogens is 4. The fourth-order valence-corrected chi connectivity index (χ4v) is 9.49. The van der Waals surface area contributed by atoms with Gasteiger partial charge < -0.3 is 8.83 Å². The minimum absolute atomic E-state index is 0. The summed E-state index contributed by atoms with van der Waals surface area (Å²) in [5.74, 6) is 0. The number of benzene rings is 5. The molecule has 7 heteroatoms. The number of hydrogen-bond donors (Lipinski definition) is 0. The Balaban J connectivity index is 0.00000372. The first-order chi connectivity index (χ1) is 25.8. The Morgan fingerprint density at radius 3 is 1.25 bits per heavy atom. The van der Waals surface area contributed by atoms with Gasteiger partial charge in [-0.05, 0) is 45.5 Å². The molecule has 0 saturated carbocycles. The molecule has 274 valence electrons. The molecule has 0 unspecified atom stereocenters. The second kappa shape index (κ2) is 11.0. The van der Waals surface area contributed by atoms with Crippen molar-refractivity contribution in [3.63, 3.8) is 0 Å². The zero-order valence-corrected chi connectivity index (χ0v) is 34.4. The molecule has 0 spiro atoms. The van der Waals surface area contributed by atoms with Crippen LogP contribution in [0.4, 0.5) is 0 Å². The fourth-order valence-electron chi connectivity index (χ4n) is 9.49. The molecule has 0 N–H and O–H groups in total. The largest absolute Gasteiger partial charge is 2.00 e. The van der Waals surface area contributed by atoms with Gasteiger partial charge in [-0.3, -0.25) is 9.36 Å². The van der Waals surface area contributed by atoms with Crippen LogP contribution in [0.2, 0.25) is 0 Å². The van der Waals surface area contributed by atoms with E-state index in [2.05, 4.69) is 150 Å². The minimum atomic E-state index is -0.253. The molecular weight excluding hydrogens is 860 g/mol. The molecule has 0 radical (unpaired) electrons. The van der Waals surface area contributed by atoms with Crippen molar-refractivity contribution >= 4 is 43.9 Å². The van der Waals surface area contributed by atoms with E-state index >= 15 is 0 Å². The van der Waals surface area contributed by atoms with Crippen LogP contribution in [0.3, 0.4) is 0 Å². The third-order valence-electron chi connectivity index (χ3n) is 13.9. The van der Waals surface area contributed by atoms with Gasteiger partial charge in [0.05, 0.1) is 34.9 Å². The van der Waals surface area contributed by atoms with Crippen molar-refractivity contribution in [2.24, 2.45) is 0 Å². The molecule has 0 amide bonds. The second-order valence-electron chi connectivity index (χ2n) is 17.4. The normalized spacial score (nSPS) is 17.2. The van der Waals surface area contributed by atoms with E-state index in [-0.39, 0.29) is 42.7 Å². The first kappa shape index (κ1) is 34.3. The second-order valence-corrected chi connectivity index (χ2v) is 17.4. The Labute approximate surface area is 334 Å². The average Bonchev–Trinajstić information content (AvgIpc) is 3.95. The molecule has 0 bridgehead atoms. The average molecular weight is 900 g/mol. The van der Waals surface area contributed by atoms with Crippen LogP contribution in [0, 0.1) is 12.1 Å². The molecule has 0 atom stereocenters. The van der Waals surface area contributed by atoms with E-state index in [1.165, 1.54) is 11.4 Å². The Bertz CT molecular complexity index is 2840. The molecule has 9 aromatic rings. The van der Waals surface area contributed by atoms with E-state index in [4.69, 9.17) is 19.0 Å². The monoisotopic (exact) mass is 899 g/mol. The third kappa shape index (κ3) is 4.19. The van der Waals surface area contributed by atoms with E-state index in [1.807, 2.05) is 24.5 Å².